The van der Waals surface area contributed by atoms with Crippen molar-refractivity contribution in [2.75, 3.05) is 7.11 Å². The first-order valence-corrected chi connectivity index (χ1v) is 9.09. The summed E-state index contributed by atoms with van der Waals surface area (Å²) in [5.74, 6) is 0.511. The van der Waals surface area contributed by atoms with E-state index in [1.165, 1.54) is 19.2 Å². The number of ether oxygens (including phenoxy) is 1. The summed E-state index contributed by atoms with van der Waals surface area (Å²) in [5, 5.41) is 1.38. The molecule has 0 unspecified atom stereocenters. The van der Waals surface area contributed by atoms with Crippen LogP contribution in [-0.4, -0.2) is 7.11 Å². The fourth-order valence-corrected chi connectivity index (χ4v) is 3.21. The van der Waals surface area contributed by atoms with Gasteiger partial charge in [-0.25, -0.2) is 22.0 Å². The van der Waals surface area contributed by atoms with Crippen LogP contribution in [-0.2, 0) is 0 Å². The van der Waals surface area contributed by atoms with Gasteiger partial charge >= 0.3 is 0 Å². The Morgan fingerprint density at radius 1 is 0.645 bits per heavy atom. The number of hydrogen-bond donors (Lipinski definition) is 0. The lowest BCUT2D eigenvalue weighted by molar-refractivity contribution is 0.407. The molecule has 0 radical (unpaired) electrons. The van der Waals surface area contributed by atoms with Gasteiger partial charge in [0.2, 0.25) is 0 Å². The van der Waals surface area contributed by atoms with Gasteiger partial charge in [-0.15, -0.1) is 0 Å². The van der Waals surface area contributed by atoms with Gasteiger partial charge in [-0.05, 0) is 52.7 Å². The van der Waals surface area contributed by atoms with E-state index in [9.17, 15) is 22.0 Å². The fourth-order valence-electron chi connectivity index (χ4n) is 3.21. The molecule has 0 saturated heterocycles. The maximum absolute atomic E-state index is 14.6. The zero-order valence-electron chi connectivity index (χ0n) is 16.1. The van der Waals surface area contributed by atoms with E-state index in [1.807, 2.05) is 0 Å². The van der Waals surface area contributed by atoms with Gasteiger partial charge in [0.05, 0.1) is 18.2 Å². The highest BCUT2D eigenvalue weighted by Gasteiger charge is 2.18. The Labute approximate surface area is 174 Å². The normalized spacial score (nSPS) is 10.6. The average Bonchev–Trinajstić information content (AvgIpc) is 2.72. The lowest BCUT2D eigenvalue weighted by Gasteiger charge is -2.09. The van der Waals surface area contributed by atoms with E-state index in [0.29, 0.717) is 10.9 Å². The molecule has 0 spiro atoms. The van der Waals surface area contributed by atoms with Crippen LogP contribution in [0.15, 0.2) is 60.7 Å². The third-order valence-electron chi connectivity index (χ3n) is 4.72. The number of halogens is 5. The fraction of sp³-hybridized carbons (Fsp3) is 0.0400. The molecule has 0 amide bonds. The second-order valence-corrected chi connectivity index (χ2v) is 6.74. The van der Waals surface area contributed by atoms with Crippen LogP contribution >= 0.6 is 0 Å². The molecule has 0 aliphatic heterocycles. The second kappa shape index (κ2) is 8.11. The molecule has 0 saturated carbocycles. The van der Waals surface area contributed by atoms with Crippen molar-refractivity contribution < 1.29 is 26.7 Å². The van der Waals surface area contributed by atoms with E-state index < -0.39 is 34.4 Å². The SMILES string of the molecule is COc1cc(F)c(-c2cc(F)c(C#Cc3ccc4cc(F)ccc4c3)c(F)c2)c(F)c1. The minimum Gasteiger partial charge on any atom is -0.497 e. The quantitative estimate of drug-likeness (QED) is 0.260. The first-order valence-electron chi connectivity index (χ1n) is 9.09. The van der Waals surface area contributed by atoms with E-state index in [2.05, 4.69) is 11.8 Å². The van der Waals surface area contributed by atoms with Gasteiger partial charge in [0.1, 0.15) is 34.8 Å². The van der Waals surface area contributed by atoms with E-state index in [-0.39, 0.29) is 17.1 Å². The molecule has 0 heterocycles. The minimum absolute atomic E-state index is 0.0553. The molecule has 6 heteroatoms. The summed E-state index contributed by atoms with van der Waals surface area (Å²) in [6.45, 7) is 0. The summed E-state index contributed by atoms with van der Waals surface area (Å²) in [6.07, 6.45) is 0. The lowest BCUT2D eigenvalue weighted by Crippen LogP contribution is -1.97. The van der Waals surface area contributed by atoms with Gasteiger partial charge in [0.15, 0.2) is 0 Å². The Morgan fingerprint density at radius 2 is 1.26 bits per heavy atom. The topological polar surface area (TPSA) is 9.23 Å². The van der Waals surface area contributed by atoms with Crippen LogP contribution < -0.4 is 4.74 Å². The first-order chi connectivity index (χ1) is 14.9. The molecule has 4 aromatic rings. The zero-order chi connectivity index (χ0) is 22.1. The van der Waals surface area contributed by atoms with Crippen molar-refractivity contribution in [1.82, 2.24) is 0 Å². The molecule has 0 fully saturated rings. The van der Waals surface area contributed by atoms with Crippen molar-refractivity contribution in [3.8, 4) is 28.7 Å². The highest BCUT2D eigenvalue weighted by Crippen LogP contribution is 2.31. The smallest absolute Gasteiger partial charge is 0.142 e. The van der Waals surface area contributed by atoms with Crippen LogP contribution in [0.5, 0.6) is 5.75 Å². The highest BCUT2D eigenvalue weighted by atomic mass is 19.1. The summed E-state index contributed by atoms with van der Waals surface area (Å²) in [7, 11) is 1.24. The second-order valence-electron chi connectivity index (χ2n) is 6.74. The maximum atomic E-state index is 14.6. The van der Waals surface area contributed by atoms with E-state index in [0.717, 1.165) is 29.7 Å². The Morgan fingerprint density at radius 3 is 1.90 bits per heavy atom. The standard InChI is InChI=1S/C25H13F5O/c1-31-19-12-23(29)25(24(30)13-19)17-10-21(27)20(22(28)11-17)7-3-14-2-4-16-9-18(26)6-5-15(16)8-14/h2,4-6,8-13H,1H3. The summed E-state index contributed by atoms with van der Waals surface area (Å²) in [6, 6.07) is 12.6. The average molecular weight is 424 g/mol. The maximum Gasteiger partial charge on any atom is 0.142 e. The third-order valence-corrected chi connectivity index (χ3v) is 4.72. The van der Waals surface area contributed by atoms with Gasteiger partial charge in [0, 0.05) is 17.7 Å². The molecular weight excluding hydrogens is 411 g/mol. The largest absolute Gasteiger partial charge is 0.497 e. The van der Waals surface area contributed by atoms with Crippen molar-refractivity contribution in [1.29, 1.82) is 0 Å². The van der Waals surface area contributed by atoms with Gasteiger partial charge in [-0.2, -0.15) is 0 Å². The molecule has 0 bridgehead atoms. The minimum atomic E-state index is -1.06. The molecule has 0 aromatic heterocycles. The summed E-state index contributed by atoms with van der Waals surface area (Å²) >= 11 is 0. The Kier molecular flexibility index (Phi) is 5.35. The molecule has 4 aromatic carbocycles. The van der Waals surface area contributed by atoms with Crippen LogP contribution in [0, 0.1) is 40.9 Å². The molecule has 0 atom stereocenters. The Balaban J connectivity index is 1.72. The Bertz CT molecular complexity index is 1340. The van der Waals surface area contributed by atoms with Gasteiger partial charge in [-0.1, -0.05) is 24.0 Å². The number of benzene rings is 4. The van der Waals surface area contributed by atoms with Crippen molar-refractivity contribution in [3.05, 3.63) is 101 Å². The van der Waals surface area contributed by atoms with Crippen LogP contribution in [0.3, 0.4) is 0 Å². The number of rotatable bonds is 2. The Hall–Kier alpha value is -3.85. The van der Waals surface area contributed by atoms with Crippen molar-refractivity contribution in [2.24, 2.45) is 0 Å². The highest BCUT2D eigenvalue weighted by molar-refractivity contribution is 5.84. The molecule has 1 nitrogen and oxygen atoms in total. The lowest BCUT2D eigenvalue weighted by atomic mass is 10.0. The first kappa shape index (κ1) is 20.4. The summed E-state index contributed by atoms with van der Waals surface area (Å²) in [4.78, 5) is 0. The summed E-state index contributed by atoms with van der Waals surface area (Å²) in [5.41, 5.74) is -0.933. The van der Waals surface area contributed by atoms with Crippen molar-refractivity contribution in [3.63, 3.8) is 0 Å². The van der Waals surface area contributed by atoms with Crippen molar-refractivity contribution in [2.45, 2.75) is 0 Å². The number of methoxy groups -OCH3 is 1. The van der Waals surface area contributed by atoms with Gasteiger partial charge in [-0.3, -0.25) is 0 Å². The molecule has 0 N–H and O–H groups in total. The van der Waals surface area contributed by atoms with E-state index in [1.54, 1.807) is 24.3 Å². The number of hydrogen-bond acceptors (Lipinski definition) is 1. The predicted octanol–water partition coefficient (Wildman–Crippen LogP) is 6.61. The van der Waals surface area contributed by atoms with E-state index in [4.69, 9.17) is 4.74 Å². The monoisotopic (exact) mass is 424 g/mol. The van der Waals surface area contributed by atoms with Crippen molar-refractivity contribution >= 4 is 10.8 Å². The molecule has 31 heavy (non-hydrogen) atoms. The molecular formula is C25H13F5O. The molecule has 0 aliphatic rings. The van der Waals surface area contributed by atoms with E-state index >= 15 is 0 Å². The summed E-state index contributed by atoms with van der Waals surface area (Å²) < 4.78 is 75.7. The molecule has 154 valence electrons. The van der Waals surface area contributed by atoms with Crippen LogP contribution in [0.2, 0.25) is 0 Å². The molecule has 4 rings (SSSR count). The molecule has 0 aliphatic carbocycles. The van der Waals surface area contributed by atoms with Gasteiger partial charge in [0.25, 0.3) is 0 Å². The van der Waals surface area contributed by atoms with Crippen LogP contribution in [0.4, 0.5) is 22.0 Å². The third kappa shape index (κ3) is 4.08. The van der Waals surface area contributed by atoms with Crippen LogP contribution in [0.25, 0.3) is 21.9 Å². The number of fused-ring (bicyclic) bond motifs is 1. The predicted molar refractivity (Wildman–Crippen MR) is 108 cm³/mol. The van der Waals surface area contributed by atoms with Gasteiger partial charge < -0.3 is 4.74 Å². The van der Waals surface area contributed by atoms with Crippen LogP contribution in [0.1, 0.15) is 11.1 Å². The zero-order valence-corrected chi connectivity index (χ0v) is 16.1.